The summed E-state index contributed by atoms with van der Waals surface area (Å²) in [5.74, 6) is 0.288. The van der Waals surface area contributed by atoms with Crippen molar-refractivity contribution in [1.29, 1.82) is 0 Å². The van der Waals surface area contributed by atoms with Gasteiger partial charge in [0.1, 0.15) is 5.75 Å². The average molecular weight is 188 g/mol. The topological polar surface area (TPSA) is 38.0 Å². The van der Waals surface area contributed by atoms with Gasteiger partial charge in [-0.1, -0.05) is 0 Å². The molecule has 0 radical (unpaired) electrons. The van der Waals surface area contributed by atoms with Crippen LogP contribution < -0.4 is 0 Å². The minimum atomic E-state index is 0.288. The molecule has 1 aromatic heterocycles. The Labute approximate surface area is 82.6 Å². The maximum absolute atomic E-state index is 9.16. The molecular weight excluding hydrogens is 176 g/mol. The molecule has 0 amide bonds. The van der Waals surface area contributed by atoms with Crippen LogP contribution in [0, 0.1) is 0 Å². The predicted octanol–water partition coefficient (Wildman–Crippen LogP) is 2.28. The Kier molecular flexibility index (Phi) is 2.23. The van der Waals surface area contributed by atoms with Gasteiger partial charge in [0.05, 0.1) is 5.69 Å². The molecule has 1 heterocycles. The first-order chi connectivity index (χ1) is 6.81. The fraction of sp³-hybridized carbons (Fsp3) is 0.182. The molecule has 3 nitrogen and oxygen atoms in total. The molecular formula is C11H12N2O. The summed E-state index contributed by atoms with van der Waals surface area (Å²) in [4.78, 5) is 0. The van der Waals surface area contributed by atoms with Gasteiger partial charge in [-0.2, -0.15) is 5.10 Å². The van der Waals surface area contributed by atoms with E-state index in [0.717, 1.165) is 17.8 Å². The van der Waals surface area contributed by atoms with Gasteiger partial charge in [-0.25, -0.2) is 0 Å². The highest BCUT2D eigenvalue weighted by Crippen LogP contribution is 2.21. The molecule has 0 atom stereocenters. The number of aromatic hydroxyl groups is 1. The van der Waals surface area contributed by atoms with Crippen LogP contribution in [0.1, 0.15) is 6.92 Å². The summed E-state index contributed by atoms with van der Waals surface area (Å²) in [7, 11) is 0. The Morgan fingerprint density at radius 3 is 2.57 bits per heavy atom. The van der Waals surface area contributed by atoms with Crippen LogP contribution in [0.3, 0.4) is 0 Å². The van der Waals surface area contributed by atoms with Gasteiger partial charge in [-0.05, 0) is 37.3 Å². The second-order valence-corrected chi connectivity index (χ2v) is 3.08. The van der Waals surface area contributed by atoms with E-state index < -0.39 is 0 Å². The first kappa shape index (κ1) is 8.81. The molecule has 0 bridgehead atoms. The van der Waals surface area contributed by atoms with Gasteiger partial charge in [0, 0.05) is 18.3 Å². The number of aryl methyl sites for hydroxylation is 1. The lowest BCUT2D eigenvalue weighted by atomic mass is 10.1. The maximum atomic E-state index is 9.16. The lowest BCUT2D eigenvalue weighted by Crippen LogP contribution is -1.98. The van der Waals surface area contributed by atoms with E-state index in [-0.39, 0.29) is 5.75 Å². The van der Waals surface area contributed by atoms with Crippen molar-refractivity contribution >= 4 is 0 Å². The lowest BCUT2D eigenvalue weighted by Gasteiger charge is -2.04. The summed E-state index contributed by atoms with van der Waals surface area (Å²) in [5.41, 5.74) is 2.15. The van der Waals surface area contributed by atoms with Crippen molar-refractivity contribution in [2.45, 2.75) is 13.5 Å². The van der Waals surface area contributed by atoms with Gasteiger partial charge in [0.25, 0.3) is 0 Å². The minimum Gasteiger partial charge on any atom is -0.508 e. The lowest BCUT2D eigenvalue weighted by molar-refractivity contribution is 0.475. The monoisotopic (exact) mass is 188 g/mol. The molecule has 2 rings (SSSR count). The van der Waals surface area contributed by atoms with Gasteiger partial charge in [-0.3, -0.25) is 4.68 Å². The zero-order chi connectivity index (χ0) is 9.97. The highest BCUT2D eigenvalue weighted by atomic mass is 16.3. The van der Waals surface area contributed by atoms with Crippen molar-refractivity contribution in [3.05, 3.63) is 36.5 Å². The Morgan fingerprint density at radius 2 is 1.93 bits per heavy atom. The molecule has 0 aliphatic carbocycles. The number of nitrogens with zero attached hydrogens (tertiary/aromatic N) is 2. The number of phenols is 1. The number of rotatable bonds is 2. The Balaban J connectivity index is 2.44. The summed E-state index contributed by atoms with van der Waals surface area (Å²) in [6.45, 7) is 2.90. The van der Waals surface area contributed by atoms with Crippen molar-refractivity contribution < 1.29 is 5.11 Å². The third kappa shape index (κ3) is 1.48. The normalized spacial score (nSPS) is 10.4. The Bertz CT molecular complexity index is 417. The van der Waals surface area contributed by atoms with E-state index in [2.05, 4.69) is 12.0 Å². The van der Waals surface area contributed by atoms with Gasteiger partial charge in [0.15, 0.2) is 0 Å². The largest absolute Gasteiger partial charge is 0.508 e. The van der Waals surface area contributed by atoms with Gasteiger partial charge in [0.2, 0.25) is 0 Å². The first-order valence-electron chi connectivity index (χ1n) is 4.62. The summed E-state index contributed by atoms with van der Waals surface area (Å²) < 4.78 is 1.92. The van der Waals surface area contributed by atoms with Crippen LogP contribution in [0.5, 0.6) is 5.75 Å². The summed E-state index contributed by atoms with van der Waals surface area (Å²) >= 11 is 0. The molecule has 14 heavy (non-hydrogen) atoms. The first-order valence-corrected chi connectivity index (χ1v) is 4.62. The fourth-order valence-corrected chi connectivity index (χ4v) is 1.46. The van der Waals surface area contributed by atoms with E-state index in [1.54, 1.807) is 18.3 Å². The van der Waals surface area contributed by atoms with Crippen LogP contribution in [0.25, 0.3) is 11.3 Å². The van der Waals surface area contributed by atoms with Gasteiger partial charge >= 0.3 is 0 Å². The molecule has 3 heteroatoms. The second-order valence-electron chi connectivity index (χ2n) is 3.08. The molecule has 72 valence electrons. The second kappa shape index (κ2) is 3.54. The highest BCUT2D eigenvalue weighted by Gasteiger charge is 2.02. The molecule has 2 aromatic rings. The van der Waals surface area contributed by atoms with Crippen molar-refractivity contribution in [2.75, 3.05) is 0 Å². The molecule has 1 aromatic carbocycles. The van der Waals surface area contributed by atoms with Crippen LogP contribution in [0.4, 0.5) is 0 Å². The summed E-state index contributed by atoms with van der Waals surface area (Å²) in [6, 6.07) is 9.11. The Hall–Kier alpha value is -1.77. The standard InChI is InChI=1S/C11H12N2O/c1-2-13-11(7-8-12-13)9-3-5-10(14)6-4-9/h3-8,14H,2H2,1H3. The number of hydrogen-bond donors (Lipinski definition) is 1. The van der Waals surface area contributed by atoms with Gasteiger partial charge in [-0.15, -0.1) is 0 Å². The van der Waals surface area contributed by atoms with E-state index in [1.165, 1.54) is 0 Å². The maximum Gasteiger partial charge on any atom is 0.115 e. The SMILES string of the molecule is CCn1nccc1-c1ccc(O)cc1. The molecule has 0 saturated carbocycles. The van der Waals surface area contributed by atoms with Gasteiger partial charge < -0.3 is 5.11 Å². The van der Waals surface area contributed by atoms with Crippen molar-refractivity contribution in [1.82, 2.24) is 9.78 Å². The van der Waals surface area contributed by atoms with Crippen molar-refractivity contribution in [3.63, 3.8) is 0 Å². The summed E-state index contributed by atoms with van der Waals surface area (Å²) in [5, 5.41) is 13.3. The third-order valence-electron chi connectivity index (χ3n) is 2.18. The average Bonchev–Trinajstić information content (AvgIpc) is 2.67. The van der Waals surface area contributed by atoms with Crippen LogP contribution in [0.2, 0.25) is 0 Å². The molecule has 0 unspecified atom stereocenters. The molecule has 1 N–H and O–H groups in total. The van der Waals surface area contributed by atoms with Crippen molar-refractivity contribution in [2.24, 2.45) is 0 Å². The van der Waals surface area contributed by atoms with E-state index in [4.69, 9.17) is 5.11 Å². The predicted molar refractivity (Wildman–Crippen MR) is 55.0 cm³/mol. The van der Waals surface area contributed by atoms with E-state index in [1.807, 2.05) is 22.9 Å². The molecule has 0 aliphatic heterocycles. The smallest absolute Gasteiger partial charge is 0.115 e. The number of phenolic OH excluding ortho intramolecular Hbond substituents is 1. The summed E-state index contributed by atoms with van der Waals surface area (Å²) in [6.07, 6.45) is 1.78. The van der Waals surface area contributed by atoms with Crippen LogP contribution in [-0.4, -0.2) is 14.9 Å². The Morgan fingerprint density at radius 1 is 1.21 bits per heavy atom. The zero-order valence-corrected chi connectivity index (χ0v) is 8.01. The molecule has 0 aliphatic rings. The van der Waals surface area contributed by atoms with Crippen molar-refractivity contribution in [3.8, 4) is 17.0 Å². The number of aromatic nitrogens is 2. The van der Waals surface area contributed by atoms with E-state index in [9.17, 15) is 0 Å². The van der Waals surface area contributed by atoms with Crippen LogP contribution in [0.15, 0.2) is 36.5 Å². The quantitative estimate of drug-likeness (QED) is 0.785. The minimum absolute atomic E-state index is 0.288. The number of benzene rings is 1. The van der Waals surface area contributed by atoms with Crippen LogP contribution >= 0.6 is 0 Å². The third-order valence-corrected chi connectivity index (χ3v) is 2.18. The molecule has 0 fully saturated rings. The zero-order valence-electron chi connectivity index (χ0n) is 8.01. The molecule has 0 saturated heterocycles. The highest BCUT2D eigenvalue weighted by molar-refractivity contribution is 5.60. The van der Waals surface area contributed by atoms with E-state index >= 15 is 0 Å². The number of hydrogen-bond acceptors (Lipinski definition) is 2. The van der Waals surface area contributed by atoms with Crippen LogP contribution in [-0.2, 0) is 6.54 Å². The molecule has 0 spiro atoms. The fourth-order valence-electron chi connectivity index (χ4n) is 1.46. The van der Waals surface area contributed by atoms with E-state index in [0.29, 0.717) is 0 Å².